The summed E-state index contributed by atoms with van der Waals surface area (Å²) in [6.45, 7) is 0.489. The predicted octanol–water partition coefficient (Wildman–Crippen LogP) is 0.359. The number of carbonyl (C=O) groups is 1. The summed E-state index contributed by atoms with van der Waals surface area (Å²) in [6.07, 6.45) is -0.0158. The van der Waals surface area contributed by atoms with Crippen molar-refractivity contribution in [3.63, 3.8) is 0 Å². The summed E-state index contributed by atoms with van der Waals surface area (Å²) in [5.74, 6) is -6.04. The van der Waals surface area contributed by atoms with Gasteiger partial charge in [0, 0.05) is 6.20 Å². The van der Waals surface area contributed by atoms with Crippen LogP contribution >= 0.6 is 0 Å². The molecule has 1 amide bonds. The summed E-state index contributed by atoms with van der Waals surface area (Å²) in [7, 11) is 5.57. The van der Waals surface area contributed by atoms with Gasteiger partial charge in [-0.25, -0.2) is 23.6 Å². The second-order valence-electron chi connectivity index (χ2n) is 5.55. The molecule has 1 aromatic heterocycles. The number of benzene rings is 1. The van der Waals surface area contributed by atoms with Gasteiger partial charge in [0.1, 0.15) is 26.4 Å². The molecule has 7 nitrogen and oxygen atoms in total. The number of carbonyl (C=O) groups excluding carboxylic acids is 1. The number of hydrogen-bond acceptors (Lipinski definition) is 6. The van der Waals surface area contributed by atoms with Crippen LogP contribution in [0.25, 0.3) is 0 Å². The summed E-state index contributed by atoms with van der Waals surface area (Å²) < 4.78 is 41.5. The van der Waals surface area contributed by atoms with Crippen LogP contribution < -0.4 is 16.3 Å². The molecule has 0 aliphatic carbocycles. The summed E-state index contributed by atoms with van der Waals surface area (Å²) in [6, 6.07) is 1.99. The van der Waals surface area contributed by atoms with Gasteiger partial charge in [-0.3, -0.25) is 9.63 Å². The fourth-order valence-electron chi connectivity index (χ4n) is 2.05. The first-order chi connectivity index (χ1) is 12.7. The van der Waals surface area contributed by atoms with Crippen molar-refractivity contribution >= 4 is 30.7 Å². The molecular formula is C16H15BF3N3O4. The van der Waals surface area contributed by atoms with Crippen molar-refractivity contribution in [3.05, 3.63) is 46.9 Å². The van der Waals surface area contributed by atoms with Gasteiger partial charge in [-0.1, -0.05) is 11.5 Å². The lowest BCUT2D eigenvalue weighted by atomic mass is 9.97. The van der Waals surface area contributed by atoms with E-state index in [-0.39, 0.29) is 5.82 Å². The second-order valence-corrected chi connectivity index (χ2v) is 5.55. The van der Waals surface area contributed by atoms with E-state index in [1.54, 1.807) is 6.92 Å². The minimum Gasteiger partial charge on any atom is -0.394 e. The van der Waals surface area contributed by atoms with Gasteiger partial charge in [-0.05, 0) is 18.6 Å². The van der Waals surface area contributed by atoms with Crippen LogP contribution in [0.4, 0.5) is 24.7 Å². The molecule has 0 unspecified atom stereocenters. The Morgan fingerprint density at radius 3 is 2.67 bits per heavy atom. The Hall–Kier alpha value is -2.63. The third-order valence-electron chi connectivity index (χ3n) is 3.40. The van der Waals surface area contributed by atoms with Crippen LogP contribution in [0.5, 0.6) is 0 Å². The topological polar surface area (TPSA) is 104 Å². The van der Waals surface area contributed by atoms with Crippen LogP contribution in [0.1, 0.15) is 15.9 Å². The second kappa shape index (κ2) is 8.84. The van der Waals surface area contributed by atoms with E-state index in [0.717, 1.165) is 0 Å². The normalized spacial score (nSPS) is 11.9. The molecule has 0 bridgehead atoms. The molecule has 2 aromatic rings. The molecule has 4 N–H and O–H groups in total. The molecule has 2 radical (unpaired) electrons. The molecule has 1 heterocycles. The number of pyridine rings is 1. The third kappa shape index (κ3) is 4.97. The zero-order valence-corrected chi connectivity index (χ0v) is 14.1. The van der Waals surface area contributed by atoms with Crippen LogP contribution in [0.15, 0.2) is 18.3 Å². The molecule has 0 aliphatic heterocycles. The van der Waals surface area contributed by atoms with E-state index < -0.39 is 53.9 Å². The highest BCUT2D eigenvalue weighted by Crippen LogP contribution is 2.28. The van der Waals surface area contributed by atoms with Gasteiger partial charge in [-0.2, -0.15) is 0 Å². The molecule has 0 spiro atoms. The molecule has 0 saturated heterocycles. The zero-order chi connectivity index (χ0) is 20.1. The Morgan fingerprint density at radius 2 is 2.04 bits per heavy atom. The molecule has 1 aromatic carbocycles. The molecule has 142 valence electrons. The van der Waals surface area contributed by atoms with Crippen molar-refractivity contribution in [2.45, 2.75) is 13.0 Å². The lowest BCUT2D eigenvalue weighted by Gasteiger charge is -2.15. The van der Waals surface area contributed by atoms with E-state index in [4.69, 9.17) is 18.1 Å². The number of anilines is 2. The number of nitrogens with one attached hydrogen (secondary N) is 2. The van der Waals surface area contributed by atoms with Gasteiger partial charge < -0.3 is 15.5 Å². The van der Waals surface area contributed by atoms with Crippen molar-refractivity contribution in [2.75, 3.05) is 18.5 Å². The maximum absolute atomic E-state index is 14.3. The van der Waals surface area contributed by atoms with Gasteiger partial charge in [0.2, 0.25) is 0 Å². The van der Waals surface area contributed by atoms with Crippen LogP contribution in [0, 0.1) is 24.4 Å². The smallest absolute Gasteiger partial charge is 0.277 e. The Labute approximate surface area is 153 Å². The van der Waals surface area contributed by atoms with Crippen molar-refractivity contribution in [2.24, 2.45) is 0 Å². The van der Waals surface area contributed by atoms with Crippen molar-refractivity contribution in [3.8, 4) is 0 Å². The summed E-state index contributed by atoms with van der Waals surface area (Å²) in [4.78, 5) is 20.7. The molecule has 11 heteroatoms. The number of halogens is 3. The largest absolute Gasteiger partial charge is 0.394 e. The summed E-state index contributed by atoms with van der Waals surface area (Å²) in [5, 5.41) is 20.2. The van der Waals surface area contributed by atoms with Crippen LogP contribution in [-0.2, 0) is 4.84 Å². The average molecular weight is 381 g/mol. The van der Waals surface area contributed by atoms with Crippen LogP contribution in [0.2, 0.25) is 0 Å². The number of aliphatic hydroxyl groups is 2. The summed E-state index contributed by atoms with van der Waals surface area (Å²) in [5.41, 5.74) is 1.36. The van der Waals surface area contributed by atoms with Crippen molar-refractivity contribution < 1.29 is 33.0 Å². The van der Waals surface area contributed by atoms with Gasteiger partial charge in [-0.15, -0.1) is 0 Å². The molecule has 1 atom stereocenters. The monoisotopic (exact) mass is 381 g/mol. The Morgan fingerprint density at radius 1 is 1.33 bits per heavy atom. The highest BCUT2D eigenvalue weighted by Gasteiger charge is 2.24. The number of aryl methyl sites for hydroxylation is 1. The maximum atomic E-state index is 14.3. The number of hydroxylamine groups is 1. The Kier molecular flexibility index (Phi) is 6.78. The van der Waals surface area contributed by atoms with Crippen molar-refractivity contribution in [1.29, 1.82) is 0 Å². The third-order valence-corrected chi connectivity index (χ3v) is 3.40. The highest BCUT2D eigenvalue weighted by molar-refractivity contribution is 6.32. The van der Waals surface area contributed by atoms with E-state index in [1.807, 2.05) is 5.48 Å². The number of hydrogen-bond donors (Lipinski definition) is 4. The molecule has 0 saturated carbocycles. The lowest BCUT2D eigenvalue weighted by molar-refractivity contribution is -0.0295. The first-order valence-corrected chi connectivity index (χ1v) is 7.62. The number of amides is 1. The van der Waals surface area contributed by atoms with Gasteiger partial charge in [0.15, 0.2) is 17.5 Å². The minimum absolute atomic E-state index is 0.0692. The fraction of sp³-hybridized carbons (Fsp3) is 0.250. The van der Waals surface area contributed by atoms with E-state index in [9.17, 15) is 18.0 Å². The number of aliphatic hydroxyl groups excluding tert-OH is 2. The highest BCUT2D eigenvalue weighted by atomic mass is 19.2. The molecule has 27 heavy (non-hydrogen) atoms. The van der Waals surface area contributed by atoms with E-state index in [2.05, 4.69) is 15.1 Å². The van der Waals surface area contributed by atoms with Crippen LogP contribution in [-0.4, -0.2) is 48.3 Å². The van der Waals surface area contributed by atoms with E-state index in [0.29, 0.717) is 17.1 Å². The Bertz CT molecular complexity index is 854. The SMILES string of the molecule is [B]c1cnc(Nc2c(C(=O)NOC[C@H](O)CO)cc(F)c(F)c2F)c(C)c1. The molecule has 0 fully saturated rings. The Balaban J connectivity index is 2.34. The van der Waals surface area contributed by atoms with Crippen LogP contribution in [0.3, 0.4) is 0 Å². The number of nitrogens with zero attached hydrogens (tertiary/aromatic N) is 1. The number of aromatic nitrogens is 1. The van der Waals surface area contributed by atoms with Gasteiger partial charge in [0.25, 0.3) is 5.91 Å². The number of rotatable bonds is 7. The van der Waals surface area contributed by atoms with Gasteiger partial charge >= 0.3 is 0 Å². The van der Waals surface area contributed by atoms with E-state index in [1.165, 1.54) is 12.3 Å². The molecular weight excluding hydrogens is 366 g/mol. The minimum atomic E-state index is -1.78. The zero-order valence-electron chi connectivity index (χ0n) is 14.1. The lowest BCUT2D eigenvalue weighted by Crippen LogP contribution is -2.30. The van der Waals surface area contributed by atoms with E-state index >= 15 is 0 Å². The molecule has 0 aliphatic rings. The predicted molar refractivity (Wildman–Crippen MR) is 90.5 cm³/mol. The summed E-state index contributed by atoms with van der Waals surface area (Å²) >= 11 is 0. The first kappa shape index (κ1) is 20.7. The maximum Gasteiger partial charge on any atom is 0.277 e. The standard InChI is InChI=1S/C16H15BF3N3O4/c1-7-2-8(17)4-21-15(7)22-14-10(3-11(18)12(19)13(14)20)16(26)23-27-6-9(25)5-24/h2-4,9,24-25H,5-6H2,1H3,(H,21,22)(H,23,26)/t9-/m1/s1. The quantitative estimate of drug-likeness (QED) is 0.314. The average Bonchev–Trinajstić information content (AvgIpc) is 2.63. The van der Waals surface area contributed by atoms with Gasteiger partial charge in [0.05, 0.1) is 17.9 Å². The first-order valence-electron chi connectivity index (χ1n) is 7.62. The fourth-order valence-corrected chi connectivity index (χ4v) is 2.05. The van der Waals surface area contributed by atoms with Crippen molar-refractivity contribution in [1.82, 2.24) is 10.5 Å². The molecule has 2 rings (SSSR count).